The molecule has 0 aliphatic carbocycles. The van der Waals surface area contributed by atoms with E-state index in [1.54, 1.807) is 26.1 Å². The van der Waals surface area contributed by atoms with Crippen LogP contribution in [0.25, 0.3) is 0 Å². The van der Waals surface area contributed by atoms with E-state index in [2.05, 4.69) is 26.6 Å². The molecule has 2 aromatic carbocycles. The van der Waals surface area contributed by atoms with Gasteiger partial charge in [0.25, 0.3) is 0 Å². The monoisotopic (exact) mass is 606 g/mol. The van der Waals surface area contributed by atoms with Gasteiger partial charge in [-0.05, 0) is 81.2 Å². The third-order valence-electron chi connectivity index (χ3n) is 8.81. The molecule has 2 aliphatic rings. The van der Waals surface area contributed by atoms with E-state index in [0.717, 1.165) is 29.7 Å². The molecule has 11 nitrogen and oxygen atoms in total. The van der Waals surface area contributed by atoms with E-state index in [1.165, 1.54) is 0 Å². The molecule has 0 aromatic heterocycles. The topological polar surface area (TPSA) is 141 Å². The van der Waals surface area contributed by atoms with Crippen LogP contribution in [0.15, 0.2) is 54.6 Å². The lowest BCUT2D eigenvalue weighted by Crippen LogP contribution is -2.58. The summed E-state index contributed by atoms with van der Waals surface area (Å²) in [6.07, 6.45) is 4.40. The molecule has 238 valence electrons. The molecular weight excluding hydrogens is 560 g/mol. The normalized spacial score (nSPS) is 21.9. The molecule has 3 unspecified atom stereocenters. The molecule has 0 radical (unpaired) electrons. The molecule has 2 aromatic rings. The number of benzene rings is 2. The first-order valence-corrected chi connectivity index (χ1v) is 15.5. The molecule has 44 heavy (non-hydrogen) atoms. The van der Waals surface area contributed by atoms with Gasteiger partial charge in [0, 0.05) is 26.2 Å². The molecule has 2 heterocycles. The van der Waals surface area contributed by atoms with Gasteiger partial charge in [-0.25, -0.2) is 4.79 Å². The molecular formula is C33H46N6O5. The number of nitrogens with one attached hydrogen (secondary N) is 5. The van der Waals surface area contributed by atoms with Gasteiger partial charge in [0.2, 0.25) is 17.7 Å². The summed E-state index contributed by atoms with van der Waals surface area (Å²) in [6.45, 7) is 0.815. The van der Waals surface area contributed by atoms with Crippen molar-refractivity contribution in [2.45, 2.75) is 69.1 Å². The average Bonchev–Trinajstić information content (AvgIpc) is 3.43. The van der Waals surface area contributed by atoms with E-state index < -0.39 is 18.1 Å². The van der Waals surface area contributed by atoms with Crippen LogP contribution in [0.1, 0.15) is 43.2 Å². The zero-order valence-corrected chi connectivity index (χ0v) is 25.9. The Labute approximate surface area is 259 Å². The van der Waals surface area contributed by atoms with Crippen LogP contribution in [0.5, 0.6) is 5.75 Å². The fourth-order valence-electron chi connectivity index (χ4n) is 6.31. The minimum atomic E-state index is -0.807. The highest BCUT2D eigenvalue weighted by molar-refractivity contribution is 5.94. The number of fused-ring (bicyclic) bond motifs is 1. The van der Waals surface area contributed by atoms with Gasteiger partial charge in [-0.15, -0.1) is 0 Å². The highest BCUT2D eigenvalue weighted by Gasteiger charge is 2.47. The number of amides is 5. The lowest BCUT2D eigenvalue weighted by atomic mass is 9.90. The second kappa shape index (κ2) is 16.1. The Morgan fingerprint density at radius 3 is 2.32 bits per heavy atom. The molecule has 0 spiro atoms. The van der Waals surface area contributed by atoms with Gasteiger partial charge in [-0.2, -0.15) is 0 Å². The van der Waals surface area contributed by atoms with Gasteiger partial charge in [0.15, 0.2) is 0 Å². The van der Waals surface area contributed by atoms with Crippen molar-refractivity contribution < 1.29 is 23.9 Å². The van der Waals surface area contributed by atoms with Crippen molar-refractivity contribution in [1.82, 2.24) is 31.5 Å². The number of urea groups is 1. The Balaban J connectivity index is 1.46. The third-order valence-corrected chi connectivity index (χ3v) is 8.81. The number of carbonyl (C=O) groups is 4. The Bertz CT molecular complexity index is 1260. The maximum absolute atomic E-state index is 14.3. The Morgan fingerprint density at radius 2 is 1.64 bits per heavy atom. The first-order chi connectivity index (χ1) is 21.3. The predicted octanol–water partition coefficient (Wildman–Crippen LogP) is 1.76. The first kappa shape index (κ1) is 32.8. The Kier molecular flexibility index (Phi) is 12.0. The molecule has 2 fully saturated rings. The van der Waals surface area contributed by atoms with Crippen molar-refractivity contribution in [3.8, 4) is 5.75 Å². The van der Waals surface area contributed by atoms with Crippen molar-refractivity contribution in [3.63, 3.8) is 0 Å². The van der Waals surface area contributed by atoms with E-state index in [0.29, 0.717) is 45.2 Å². The molecule has 4 rings (SSSR count). The molecule has 2 saturated heterocycles. The Morgan fingerprint density at radius 1 is 0.909 bits per heavy atom. The van der Waals surface area contributed by atoms with Crippen LogP contribution in [0.2, 0.25) is 0 Å². The first-order valence-electron chi connectivity index (χ1n) is 15.5. The predicted molar refractivity (Wildman–Crippen MR) is 168 cm³/mol. The quantitative estimate of drug-likeness (QED) is 0.235. The summed E-state index contributed by atoms with van der Waals surface area (Å²) in [5.74, 6) is -0.0799. The number of nitrogens with zero attached hydrogens (tertiary/aromatic N) is 1. The number of ether oxygens (including phenoxy) is 1. The van der Waals surface area contributed by atoms with Crippen LogP contribution in [-0.4, -0.2) is 87.1 Å². The molecule has 5 atom stereocenters. The lowest BCUT2D eigenvalue weighted by molar-refractivity contribution is -0.143. The largest absolute Gasteiger partial charge is 0.497 e. The maximum Gasteiger partial charge on any atom is 0.314 e. The van der Waals surface area contributed by atoms with Crippen molar-refractivity contribution in [1.29, 1.82) is 0 Å². The van der Waals surface area contributed by atoms with E-state index in [-0.39, 0.29) is 35.7 Å². The van der Waals surface area contributed by atoms with Gasteiger partial charge in [-0.3, -0.25) is 14.4 Å². The standard InChI is InChI=1S/C33H46N6O5/c1-34-27(21-23-7-5-4-6-8-23)30(40)38-29-24(18-20-37-33(43)35-2)11-12-25-13-16-28(39(25)32(29)42)31(41)36-19-17-22-9-14-26(44-3)15-10-22/h4-10,14-15,24-25,27-29,34H,11-13,16-21H2,1-3H3,(H,36,41)(H,38,40)(H2,35,37,43)/t24-,25?,27?,28+,29?/m1/s1. The van der Waals surface area contributed by atoms with E-state index in [1.807, 2.05) is 54.6 Å². The van der Waals surface area contributed by atoms with Crippen LogP contribution < -0.4 is 31.3 Å². The summed E-state index contributed by atoms with van der Waals surface area (Å²) < 4.78 is 5.22. The van der Waals surface area contributed by atoms with Crippen molar-refractivity contribution in [3.05, 3.63) is 65.7 Å². The van der Waals surface area contributed by atoms with Gasteiger partial charge in [-0.1, -0.05) is 42.5 Å². The van der Waals surface area contributed by atoms with E-state index in [9.17, 15) is 19.2 Å². The number of rotatable bonds is 13. The van der Waals surface area contributed by atoms with Crippen molar-refractivity contribution in [2.75, 3.05) is 34.3 Å². The van der Waals surface area contributed by atoms with E-state index >= 15 is 0 Å². The molecule has 5 amide bonds. The summed E-state index contributed by atoms with van der Waals surface area (Å²) in [5, 5.41) is 14.5. The zero-order chi connectivity index (χ0) is 31.5. The van der Waals surface area contributed by atoms with Gasteiger partial charge >= 0.3 is 6.03 Å². The van der Waals surface area contributed by atoms with Crippen LogP contribution >= 0.6 is 0 Å². The van der Waals surface area contributed by atoms with Gasteiger partial charge in [0.05, 0.1) is 13.2 Å². The molecule has 0 bridgehead atoms. The maximum atomic E-state index is 14.3. The zero-order valence-electron chi connectivity index (χ0n) is 25.9. The summed E-state index contributed by atoms with van der Waals surface area (Å²) >= 11 is 0. The summed E-state index contributed by atoms with van der Waals surface area (Å²) in [7, 11) is 4.91. The molecule has 5 N–H and O–H groups in total. The lowest BCUT2D eigenvalue weighted by Gasteiger charge is -2.33. The number of likely N-dealkylation sites (N-methyl/N-ethyl adjacent to an activating group) is 1. The highest BCUT2D eigenvalue weighted by Crippen LogP contribution is 2.35. The summed E-state index contributed by atoms with van der Waals surface area (Å²) in [6, 6.07) is 15.1. The molecule has 2 aliphatic heterocycles. The second-order valence-corrected chi connectivity index (χ2v) is 11.5. The minimum Gasteiger partial charge on any atom is -0.497 e. The van der Waals surface area contributed by atoms with Crippen LogP contribution in [0.3, 0.4) is 0 Å². The highest BCUT2D eigenvalue weighted by atomic mass is 16.5. The number of hydrogen-bond acceptors (Lipinski definition) is 6. The molecule has 0 saturated carbocycles. The van der Waals surface area contributed by atoms with Crippen LogP contribution in [-0.2, 0) is 27.2 Å². The number of hydrogen-bond donors (Lipinski definition) is 5. The average molecular weight is 607 g/mol. The summed E-state index contributed by atoms with van der Waals surface area (Å²) in [5.41, 5.74) is 2.08. The number of carbonyl (C=O) groups excluding carboxylic acids is 4. The SMILES string of the molecule is CNC(=O)NCC[C@H]1CCC2CC[C@@H](C(=O)NCCc3ccc(OC)cc3)N2C(=O)C1NC(=O)C(Cc1ccccc1)NC. The second-order valence-electron chi connectivity index (χ2n) is 11.5. The van der Waals surface area contributed by atoms with Crippen LogP contribution in [0.4, 0.5) is 4.79 Å². The third kappa shape index (κ3) is 8.49. The van der Waals surface area contributed by atoms with Crippen LogP contribution in [0, 0.1) is 5.92 Å². The van der Waals surface area contributed by atoms with E-state index in [4.69, 9.17) is 4.74 Å². The molecule has 11 heteroatoms. The Hall–Kier alpha value is -4.12. The fraction of sp³-hybridized carbons (Fsp3) is 0.515. The van der Waals surface area contributed by atoms with Crippen molar-refractivity contribution >= 4 is 23.8 Å². The fourth-order valence-corrected chi connectivity index (χ4v) is 6.31. The van der Waals surface area contributed by atoms with Gasteiger partial charge in [0.1, 0.15) is 17.8 Å². The van der Waals surface area contributed by atoms with Gasteiger partial charge < -0.3 is 36.2 Å². The van der Waals surface area contributed by atoms with Crippen molar-refractivity contribution in [2.24, 2.45) is 5.92 Å². The number of methoxy groups -OCH3 is 1. The minimum absolute atomic E-state index is 0.0689. The smallest absolute Gasteiger partial charge is 0.314 e. The summed E-state index contributed by atoms with van der Waals surface area (Å²) in [4.78, 5) is 54.8.